The number of benzene rings is 4. The lowest BCUT2D eigenvalue weighted by molar-refractivity contribution is 0.0693. The Kier molecular flexibility index (Phi) is 10.2. The SMILES string of the molecule is COc1cc(Cc2cc(Oc3ccc(NC(=O)Nc4cc(C(C)(C)C)cc(NS(C)(=O)=O)c4OC)c4ccccc34)ccn2)ccc1C(=O)O. The molecule has 0 atom stereocenters. The Morgan fingerprint density at radius 1 is 0.820 bits per heavy atom. The number of aromatic nitrogens is 1. The van der Waals surface area contributed by atoms with Crippen LogP contribution in [0.5, 0.6) is 23.0 Å². The van der Waals surface area contributed by atoms with Gasteiger partial charge in [-0.05, 0) is 59.0 Å². The maximum atomic E-state index is 13.4. The molecule has 5 rings (SSSR count). The number of carboxylic acids is 1. The Morgan fingerprint density at radius 2 is 1.52 bits per heavy atom. The topological polar surface area (TPSA) is 165 Å². The van der Waals surface area contributed by atoms with E-state index in [0.717, 1.165) is 28.2 Å². The quantitative estimate of drug-likeness (QED) is 0.108. The van der Waals surface area contributed by atoms with Gasteiger partial charge in [-0.25, -0.2) is 18.0 Å². The summed E-state index contributed by atoms with van der Waals surface area (Å²) in [6.07, 6.45) is 3.10. The molecule has 0 aliphatic heterocycles. The van der Waals surface area contributed by atoms with E-state index in [2.05, 4.69) is 20.3 Å². The number of hydrogen-bond acceptors (Lipinski definition) is 8. The molecular formula is C37H38N4O8S. The molecule has 260 valence electrons. The summed E-state index contributed by atoms with van der Waals surface area (Å²) in [4.78, 5) is 29.3. The summed E-state index contributed by atoms with van der Waals surface area (Å²) in [5.41, 5.74) is 3.03. The van der Waals surface area contributed by atoms with Crippen molar-refractivity contribution in [2.45, 2.75) is 32.6 Å². The molecule has 0 aliphatic carbocycles. The molecular weight excluding hydrogens is 660 g/mol. The monoisotopic (exact) mass is 698 g/mol. The van der Waals surface area contributed by atoms with Gasteiger partial charge in [-0.1, -0.05) is 51.1 Å². The van der Waals surface area contributed by atoms with Gasteiger partial charge in [0.1, 0.15) is 22.8 Å². The number of pyridine rings is 1. The normalized spacial score (nSPS) is 11.5. The second kappa shape index (κ2) is 14.3. The molecule has 0 aliphatic rings. The number of nitrogens with zero attached hydrogens (tertiary/aromatic N) is 1. The van der Waals surface area contributed by atoms with Crippen LogP contribution in [0.1, 0.15) is 48.0 Å². The molecule has 5 aromatic rings. The smallest absolute Gasteiger partial charge is 0.339 e. The van der Waals surface area contributed by atoms with Crippen molar-refractivity contribution in [2.24, 2.45) is 0 Å². The minimum Gasteiger partial charge on any atom is -0.496 e. The summed E-state index contributed by atoms with van der Waals surface area (Å²) in [5.74, 6) is 0.451. The molecule has 0 saturated heterocycles. The zero-order chi connectivity index (χ0) is 36.2. The van der Waals surface area contributed by atoms with Crippen LogP contribution in [0.3, 0.4) is 0 Å². The second-order valence-corrected chi connectivity index (χ2v) is 14.3. The number of aromatic carboxylic acids is 1. The molecule has 1 heterocycles. The van der Waals surface area contributed by atoms with Crippen LogP contribution in [-0.4, -0.2) is 51.0 Å². The third kappa shape index (κ3) is 8.42. The molecule has 0 fully saturated rings. The third-order valence-electron chi connectivity index (χ3n) is 7.73. The number of fused-ring (bicyclic) bond motifs is 1. The van der Waals surface area contributed by atoms with E-state index >= 15 is 0 Å². The number of anilines is 3. The van der Waals surface area contributed by atoms with Gasteiger partial charge in [0.25, 0.3) is 0 Å². The summed E-state index contributed by atoms with van der Waals surface area (Å²) in [6, 6.07) is 22.3. The van der Waals surface area contributed by atoms with Crippen molar-refractivity contribution in [3.8, 4) is 23.0 Å². The number of amides is 2. The highest BCUT2D eigenvalue weighted by molar-refractivity contribution is 7.92. The number of urea groups is 1. The van der Waals surface area contributed by atoms with Gasteiger partial charge >= 0.3 is 12.0 Å². The zero-order valence-electron chi connectivity index (χ0n) is 28.5. The molecule has 2 amide bonds. The van der Waals surface area contributed by atoms with Crippen molar-refractivity contribution < 1.29 is 37.3 Å². The molecule has 1 aromatic heterocycles. The van der Waals surface area contributed by atoms with Gasteiger partial charge in [-0.15, -0.1) is 0 Å². The van der Waals surface area contributed by atoms with Crippen LogP contribution in [0, 0.1) is 0 Å². The maximum Gasteiger partial charge on any atom is 0.339 e. The molecule has 0 unspecified atom stereocenters. The zero-order valence-corrected chi connectivity index (χ0v) is 29.3. The summed E-state index contributed by atoms with van der Waals surface area (Å²) in [7, 11) is -0.811. The molecule has 50 heavy (non-hydrogen) atoms. The van der Waals surface area contributed by atoms with E-state index in [4.69, 9.17) is 14.2 Å². The van der Waals surface area contributed by atoms with Crippen molar-refractivity contribution in [1.29, 1.82) is 0 Å². The first kappa shape index (κ1) is 35.5. The molecule has 0 saturated carbocycles. The van der Waals surface area contributed by atoms with Gasteiger partial charge in [0.2, 0.25) is 10.0 Å². The van der Waals surface area contributed by atoms with Gasteiger partial charge in [0.05, 0.1) is 37.5 Å². The lowest BCUT2D eigenvalue weighted by atomic mass is 9.86. The Hall–Kier alpha value is -5.82. The van der Waals surface area contributed by atoms with E-state index in [-0.39, 0.29) is 33.9 Å². The Morgan fingerprint density at radius 3 is 2.18 bits per heavy atom. The first-order valence-electron chi connectivity index (χ1n) is 15.5. The average molecular weight is 699 g/mol. The van der Waals surface area contributed by atoms with Crippen LogP contribution < -0.4 is 29.6 Å². The molecule has 12 nitrogen and oxygen atoms in total. The van der Waals surface area contributed by atoms with Gasteiger partial charge in [-0.2, -0.15) is 0 Å². The predicted octanol–water partition coefficient (Wildman–Crippen LogP) is 7.65. The fourth-order valence-electron chi connectivity index (χ4n) is 5.37. The number of sulfonamides is 1. The number of carboxylic acid groups (broad SMARTS) is 1. The van der Waals surface area contributed by atoms with E-state index in [1.54, 1.807) is 54.7 Å². The lowest BCUT2D eigenvalue weighted by Crippen LogP contribution is -2.22. The van der Waals surface area contributed by atoms with Crippen molar-refractivity contribution in [3.63, 3.8) is 0 Å². The van der Waals surface area contributed by atoms with Crippen LogP contribution in [-0.2, 0) is 21.9 Å². The van der Waals surface area contributed by atoms with Gasteiger partial charge < -0.3 is 30.0 Å². The van der Waals surface area contributed by atoms with Crippen LogP contribution in [0.4, 0.5) is 21.9 Å². The number of hydrogen-bond donors (Lipinski definition) is 4. The summed E-state index contributed by atoms with van der Waals surface area (Å²) in [6.45, 7) is 5.93. The first-order valence-corrected chi connectivity index (χ1v) is 17.4. The highest BCUT2D eigenvalue weighted by atomic mass is 32.2. The highest BCUT2D eigenvalue weighted by Crippen LogP contribution is 2.40. The summed E-state index contributed by atoms with van der Waals surface area (Å²) < 4.78 is 43.8. The number of ether oxygens (including phenoxy) is 3. The molecule has 0 spiro atoms. The Bertz CT molecular complexity index is 2200. The summed E-state index contributed by atoms with van der Waals surface area (Å²) in [5, 5.41) is 16.6. The Labute approximate surface area is 290 Å². The second-order valence-electron chi connectivity index (χ2n) is 12.6. The molecule has 0 bridgehead atoms. The van der Waals surface area contributed by atoms with Gasteiger partial charge in [0.15, 0.2) is 5.75 Å². The van der Waals surface area contributed by atoms with E-state index in [1.165, 1.54) is 20.3 Å². The van der Waals surface area contributed by atoms with E-state index in [0.29, 0.717) is 29.3 Å². The Balaban J connectivity index is 1.39. The standard InChI is InChI=1S/C37H38N4O8S/c1-37(2,3)23-19-30(34(48-5)31(20-23)41-50(6,45)46)40-36(44)39-29-13-14-32(27-10-8-7-9-26(27)29)49-25-15-16-38-24(21-25)17-22-11-12-28(35(42)43)33(18-22)47-4/h7-16,18-21,41H,17H2,1-6H3,(H,42,43)(H2,39,40,44). The van der Waals surface area contributed by atoms with Crippen LogP contribution in [0.15, 0.2) is 85.1 Å². The molecule has 0 radical (unpaired) electrons. The van der Waals surface area contributed by atoms with Crippen LogP contribution >= 0.6 is 0 Å². The number of carbonyl (C=O) groups excluding carboxylic acids is 1. The van der Waals surface area contributed by atoms with E-state index < -0.39 is 22.0 Å². The van der Waals surface area contributed by atoms with Crippen molar-refractivity contribution in [2.75, 3.05) is 35.8 Å². The fourth-order valence-corrected chi connectivity index (χ4v) is 5.92. The largest absolute Gasteiger partial charge is 0.496 e. The molecule has 13 heteroatoms. The van der Waals surface area contributed by atoms with E-state index in [9.17, 15) is 23.1 Å². The fraction of sp³-hybridized carbons (Fsp3) is 0.216. The number of nitrogens with one attached hydrogen (secondary N) is 3. The van der Waals surface area contributed by atoms with Crippen LogP contribution in [0.25, 0.3) is 10.8 Å². The first-order chi connectivity index (χ1) is 23.6. The minimum absolute atomic E-state index is 0.0779. The van der Waals surface area contributed by atoms with Crippen molar-refractivity contribution in [1.82, 2.24) is 4.98 Å². The summed E-state index contributed by atoms with van der Waals surface area (Å²) >= 11 is 0. The van der Waals surface area contributed by atoms with Gasteiger partial charge in [-0.3, -0.25) is 9.71 Å². The highest BCUT2D eigenvalue weighted by Gasteiger charge is 2.23. The minimum atomic E-state index is -3.64. The van der Waals surface area contributed by atoms with Crippen LogP contribution in [0.2, 0.25) is 0 Å². The molecule has 4 aromatic carbocycles. The lowest BCUT2D eigenvalue weighted by Gasteiger charge is -2.24. The van der Waals surface area contributed by atoms with E-state index in [1.807, 2.05) is 45.0 Å². The third-order valence-corrected chi connectivity index (χ3v) is 8.32. The predicted molar refractivity (Wildman–Crippen MR) is 194 cm³/mol. The number of carbonyl (C=O) groups is 2. The number of methoxy groups -OCH3 is 2. The average Bonchev–Trinajstić information content (AvgIpc) is 3.04. The maximum absolute atomic E-state index is 13.4. The van der Waals surface area contributed by atoms with Gasteiger partial charge in [0, 0.05) is 35.2 Å². The number of rotatable bonds is 11. The molecule has 4 N–H and O–H groups in total. The van der Waals surface area contributed by atoms with Crippen molar-refractivity contribution in [3.05, 3.63) is 107 Å². The van der Waals surface area contributed by atoms with Crippen molar-refractivity contribution >= 4 is 49.9 Å².